The molecule has 6 N–H and O–H groups in total. The molecule has 0 rings (SSSR count). The van der Waals surface area contributed by atoms with E-state index in [-0.39, 0.29) is 0 Å². The van der Waals surface area contributed by atoms with E-state index < -0.39 is 0 Å². The Hall–Kier alpha value is -0.160. The molecule has 0 spiro atoms. The fraction of sp³-hybridized carbons (Fsp3) is 1.00. The van der Waals surface area contributed by atoms with E-state index in [1.165, 1.54) is 12.8 Å². The Kier molecular flexibility index (Phi) is 11.8. The molecular weight excluding hydrogens is 188 g/mol. The van der Waals surface area contributed by atoms with E-state index in [0.717, 1.165) is 45.6 Å². The van der Waals surface area contributed by atoms with Crippen LogP contribution in [-0.4, -0.2) is 38.8 Å². The van der Waals surface area contributed by atoms with Gasteiger partial charge in [-0.1, -0.05) is 6.92 Å². The highest BCUT2D eigenvalue weighted by molar-refractivity contribution is 4.66. The molecule has 4 nitrogen and oxygen atoms in total. The van der Waals surface area contributed by atoms with Crippen molar-refractivity contribution in [1.29, 1.82) is 0 Å². The number of hydrogen-bond donors (Lipinski definition) is 4. The van der Waals surface area contributed by atoms with Crippen LogP contribution in [0.25, 0.3) is 0 Å². The van der Waals surface area contributed by atoms with E-state index in [1.807, 2.05) is 0 Å². The maximum absolute atomic E-state index is 5.45. The Balaban J connectivity index is 3.28. The van der Waals surface area contributed by atoms with Gasteiger partial charge in [-0.2, -0.15) is 0 Å². The molecule has 4 heteroatoms. The molecule has 0 saturated carbocycles. The average Bonchev–Trinajstić information content (AvgIpc) is 2.26. The molecule has 0 aliphatic heterocycles. The van der Waals surface area contributed by atoms with Crippen molar-refractivity contribution in [2.45, 2.75) is 38.6 Å². The zero-order valence-corrected chi connectivity index (χ0v) is 10.1. The van der Waals surface area contributed by atoms with Crippen molar-refractivity contribution in [3.63, 3.8) is 0 Å². The van der Waals surface area contributed by atoms with Crippen LogP contribution in [0, 0.1) is 0 Å². The van der Waals surface area contributed by atoms with Crippen molar-refractivity contribution < 1.29 is 0 Å². The van der Waals surface area contributed by atoms with E-state index in [1.54, 1.807) is 0 Å². The first kappa shape index (κ1) is 14.8. The van der Waals surface area contributed by atoms with Gasteiger partial charge in [0.1, 0.15) is 0 Å². The normalized spacial score (nSPS) is 13.0. The number of rotatable bonds is 11. The predicted molar refractivity (Wildman–Crippen MR) is 66.9 cm³/mol. The van der Waals surface area contributed by atoms with E-state index in [2.05, 4.69) is 17.6 Å². The minimum absolute atomic E-state index is 0.627. The zero-order chi connectivity index (χ0) is 11.4. The highest BCUT2D eigenvalue weighted by Crippen LogP contribution is 1.96. The quantitative estimate of drug-likeness (QED) is 0.368. The third kappa shape index (κ3) is 10.1. The Morgan fingerprint density at radius 1 is 1.00 bits per heavy atom. The Labute approximate surface area is 94.2 Å². The molecule has 15 heavy (non-hydrogen) atoms. The lowest BCUT2D eigenvalue weighted by Crippen LogP contribution is -2.33. The van der Waals surface area contributed by atoms with Gasteiger partial charge in [-0.05, 0) is 58.4 Å². The molecule has 0 saturated heterocycles. The van der Waals surface area contributed by atoms with E-state index >= 15 is 0 Å². The fourth-order valence-electron chi connectivity index (χ4n) is 1.49. The second-order valence-corrected chi connectivity index (χ2v) is 3.88. The first-order valence-electron chi connectivity index (χ1n) is 6.19. The molecule has 0 bridgehead atoms. The minimum atomic E-state index is 0.627. The Morgan fingerprint density at radius 3 is 2.27 bits per heavy atom. The highest BCUT2D eigenvalue weighted by atomic mass is 14.9. The van der Waals surface area contributed by atoms with Crippen molar-refractivity contribution >= 4 is 0 Å². The summed E-state index contributed by atoms with van der Waals surface area (Å²) in [4.78, 5) is 0. The van der Waals surface area contributed by atoms with Gasteiger partial charge in [0.25, 0.3) is 0 Å². The molecule has 0 aromatic rings. The molecule has 0 fully saturated rings. The molecular formula is C11H28N4. The molecule has 1 atom stereocenters. The summed E-state index contributed by atoms with van der Waals surface area (Å²) in [7, 11) is 0. The van der Waals surface area contributed by atoms with Gasteiger partial charge in [0.05, 0.1) is 0 Å². The van der Waals surface area contributed by atoms with Crippen LogP contribution >= 0.6 is 0 Å². The molecule has 0 heterocycles. The average molecular weight is 216 g/mol. The van der Waals surface area contributed by atoms with Crippen LogP contribution in [0.5, 0.6) is 0 Å². The number of nitrogens with one attached hydrogen (secondary N) is 2. The molecule has 0 aromatic carbocycles. The third-order valence-electron chi connectivity index (χ3n) is 2.53. The summed E-state index contributed by atoms with van der Waals surface area (Å²) >= 11 is 0. The monoisotopic (exact) mass is 216 g/mol. The van der Waals surface area contributed by atoms with Gasteiger partial charge >= 0.3 is 0 Å². The lowest BCUT2D eigenvalue weighted by atomic mass is 10.1. The van der Waals surface area contributed by atoms with Crippen LogP contribution < -0.4 is 22.1 Å². The van der Waals surface area contributed by atoms with Crippen LogP contribution in [0.15, 0.2) is 0 Å². The molecule has 92 valence electrons. The van der Waals surface area contributed by atoms with Gasteiger partial charge in [-0.15, -0.1) is 0 Å². The predicted octanol–water partition coefficient (Wildman–Crippen LogP) is 0.0319. The van der Waals surface area contributed by atoms with E-state index in [4.69, 9.17) is 11.5 Å². The van der Waals surface area contributed by atoms with Crippen LogP contribution in [0.3, 0.4) is 0 Å². The second kappa shape index (κ2) is 11.9. The number of nitrogens with two attached hydrogens (primary N) is 2. The van der Waals surface area contributed by atoms with Gasteiger partial charge in [0, 0.05) is 6.04 Å². The summed E-state index contributed by atoms with van der Waals surface area (Å²) < 4.78 is 0. The highest BCUT2D eigenvalue weighted by Gasteiger charge is 2.03. The first-order valence-corrected chi connectivity index (χ1v) is 6.19. The summed E-state index contributed by atoms with van der Waals surface area (Å²) in [6.07, 6.45) is 4.50. The van der Waals surface area contributed by atoms with Crippen LogP contribution in [0.4, 0.5) is 0 Å². The van der Waals surface area contributed by atoms with Crippen molar-refractivity contribution in [2.24, 2.45) is 11.5 Å². The summed E-state index contributed by atoms with van der Waals surface area (Å²) in [5.74, 6) is 0. The van der Waals surface area contributed by atoms with E-state index in [9.17, 15) is 0 Å². The maximum atomic E-state index is 5.45. The fourth-order valence-corrected chi connectivity index (χ4v) is 1.49. The van der Waals surface area contributed by atoms with Gasteiger partial charge in [-0.25, -0.2) is 0 Å². The SMILES string of the molecule is CCC(CCNCCCN)NCCCN. The molecule has 0 aliphatic rings. The Bertz CT molecular complexity index is 119. The van der Waals surface area contributed by atoms with Crippen LogP contribution in [0.2, 0.25) is 0 Å². The summed E-state index contributed by atoms with van der Waals surface area (Å²) in [6.45, 7) is 6.93. The van der Waals surface area contributed by atoms with Crippen molar-refractivity contribution in [1.82, 2.24) is 10.6 Å². The van der Waals surface area contributed by atoms with Gasteiger partial charge in [0.15, 0.2) is 0 Å². The lowest BCUT2D eigenvalue weighted by Gasteiger charge is -2.16. The molecule has 1 unspecified atom stereocenters. The summed E-state index contributed by atoms with van der Waals surface area (Å²) in [6, 6.07) is 0.627. The van der Waals surface area contributed by atoms with Crippen molar-refractivity contribution in [3.05, 3.63) is 0 Å². The molecule has 0 aliphatic carbocycles. The Morgan fingerprint density at radius 2 is 1.67 bits per heavy atom. The lowest BCUT2D eigenvalue weighted by molar-refractivity contribution is 0.450. The zero-order valence-electron chi connectivity index (χ0n) is 10.1. The van der Waals surface area contributed by atoms with E-state index in [0.29, 0.717) is 6.04 Å². The minimum Gasteiger partial charge on any atom is -0.330 e. The van der Waals surface area contributed by atoms with Gasteiger partial charge in [0.2, 0.25) is 0 Å². The van der Waals surface area contributed by atoms with Gasteiger partial charge in [-0.3, -0.25) is 0 Å². The summed E-state index contributed by atoms with van der Waals surface area (Å²) in [5, 5.41) is 6.91. The van der Waals surface area contributed by atoms with Crippen molar-refractivity contribution in [3.8, 4) is 0 Å². The standard InChI is InChI=1S/C11H28N4/c1-2-11(15-9-4-7-13)5-10-14-8-3-6-12/h11,14-15H,2-10,12-13H2,1H3. The number of hydrogen-bond acceptors (Lipinski definition) is 4. The van der Waals surface area contributed by atoms with Crippen molar-refractivity contribution in [2.75, 3.05) is 32.7 Å². The van der Waals surface area contributed by atoms with Crippen LogP contribution in [-0.2, 0) is 0 Å². The van der Waals surface area contributed by atoms with Crippen LogP contribution in [0.1, 0.15) is 32.6 Å². The summed E-state index contributed by atoms with van der Waals surface area (Å²) in [5.41, 5.74) is 10.9. The third-order valence-corrected chi connectivity index (χ3v) is 2.53. The molecule has 0 amide bonds. The molecule has 0 aromatic heterocycles. The largest absolute Gasteiger partial charge is 0.330 e. The first-order chi connectivity index (χ1) is 7.35. The van der Waals surface area contributed by atoms with Gasteiger partial charge < -0.3 is 22.1 Å². The molecule has 0 radical (unpaired) electrons. The smallest absolute Gasteiger partial charge is 0.00765 e. The second-order valence-electron chi connectivity index (χ2n) is 3.88. The topological polar surface area (TPSA) is 76.1 Å². The maximum Gasteiger partial charge on any atom is 0.00765 e.